The van der Waals surface area contributed by atoms with Gasteiger partial charge in [0.05, 0.1) is 5.25 Å². The van der Waals surface area contributed by atoms with Crippen molar-refractivity contribution < 1.29 is 9.59 Å². The van der Waals surface area contributed by atoms with E-state index < -0.39 is 0 Å². The first-order chi connectivity index (χ1) is 15.8. The van der Waals surface area contributed by atoms with Gasteiger partial charge in [-0.05, 0) is 60.8 Å². The Morgan fingerprint density at radius 3 is 2.64 bits per heavy atom. The summed E-state index contributed by atoms with van der Waals surface area (Å²) in [5, 5.41) is 1.72. The number of aromatic nitrogens is 2. The van der Waals surface area contributed by atoms with Crippen molar-refractivity contribution in [1.29, 1.82) is 0 Å². The van der Waals surface area contributed by atoms with Gasteiger partial charge in [-0.25, -0.2) is 9.97 Å². The maximum atomic E-state index is 13.5. The van der Waals surface area contributed by atoms with Crippen molar-refractivity contribution in [3.8, 4) is 0 Å². The Morgan fingerprint density at radius 1 is 1.09 bits per heavy atom. The number of aryl methyl sites for hydroxylation is 2. The molecule has 1 aromatic carbocycles. The van der Waals surface area contributed by atoms with Crippen LogP contribution >= 0.6 is 23.1 Å². The second-order valence-electron chi connectivity index (χ2n) is 9.94. The number of likely N-dealkylation sites (tertiary alicyclic amines) is 1. The molecule has 0 radical (unpaired) electrons. The van der Waals surface area contributed by atoms with E-state index >= 15 is 0 Å². The molecule has 2 aliphatic rings. The highest BCUT2D eigenvalue weighted by atomic mass is 32.2. The number of amides is 2. The molecule has 3 heterocycles. The van der Waals surface area contributed by atoms with Crippen LogP contribution in [0.4, 0.5) is 0 Å². The number of rotatable bonds is 3. The Labute approximate surface area is 203 Å². The molecule has 1 saturated heterocycles. The predicted octanol–water partition coefficient (Wildman–Crippen LogP) is 5.79. The number of thioether (sulfide) groups is 1. The highest BCUT2D eigenvalue weighted by molar-refractivity contribution is 8.00. The fourth-order valence-electron chi connectivity index (χ4n) is 4.71. The van der Waals surface area contributed by atoms with E-state index in [0.717, 1.165) is 47.3 Å². The lowest BCUT2D eigenvalue weighted by Gasteiger charge is -2.23. The van der Waals surface area contributed by atoms with Crippen LogP contribution in [0.5, 0.6) is 0 Å². The van der Waals surface area contributed by atoms with E-state index in [-0.39, 0.29) is 22.5 Å². The Hall–Kier alpha value is -2.25. The molecule has 1 fully saturated rings. The van der Waals surface area contributed by atoms with Gasteiger partial charge in [-0.1, -0.05) is 51.1 Å². The monoisotopic (exact) mass is 479 g/mol. The standard InChI is InChI=1S/C26H29N3O2S2/c1-26(2,3)17-12-10-16(11-13-17)24(30)29-14-5-4-8-20(25(29)31)33-23-21-18-7-6-9-19(18)32-22(21)27-15-28-23/h10-13,15,20H,4-9,14H2,1-3H3. The first-order valence-corrected chi connectivity index (χ1v) is 13.4. The summed E-state index contributed by atoms with van der Waals surface area (Å²) >= 11 is 3.28. The van der Waals surface area contributed by atoms with Crippen molar-refractivity contribution in [2.24, 2.45) is 0 Å². The second-order valence-corrected chi connectivity index (χ2v) is 12.2. The van der Waals surface area contributed by atoms with Crippen molar-refractivity contribution >= 4 is 45.1 Å². The lowest BCUT2D eigenvalue weighted by atomic mass is 9.86. The maximum Gasteiger partial charge on any atom is 0.260 e. The summed E-state index contributed by atoms with van der Waals surface area (Å²) in [5.41, 5.74) is 3.13. The van der Waals surface area contributed by atoms with Crippen molar-refractivity contribution in [1.82, 2.24) is 14.9 Å². The van der Waals surface area contributed by atoms with Gasteiger partial charge in [0, 0.05) is 22.4 Å². The number of benzene rings is 1. The van der Waals surface area contributed by atoms with Crippen molar-refractivity contribution in [3.05, 3.63) is 52.2 Å². The summed E-state index contributed by atoms with van der Waals surface area (Å²) in [6, 6.07) is 7.70. The van der Waals surface area contributed by atoms with Crippen molar-refractivity contribution in [3.63, 3.8) is 0 Å². The molecule has 7 heteroatoms. The molecular formula is C26H29N3O2S2. The summed E-state index contributed by atoms with van der Waals surface area (Å²) in [5.74, 6) is -0.293. The average Bonchev–Trinajstić information content (AvgIpc) is 3.33. The van der Waals surface area contributed by atoms with Gasteiger partial charge < -0.3 is 0 Å². The minimum absolute atomic E-state index is 0.0203. The molecule has 0 bridgehead atoms. The van der Waals surface area contributed by atoms with Gasteiger partial charge in [-0.2, -0.15) is 0 Å². The third-order valence-corrected chi connectivity index (χ3v) is 9.06. The van der Waals surface area contributed by atoms with Gasteiger partial charge >= 0.3 is 0 Å². The van der Waals surface area contributed by atoms with E-state index in [9.17, 15) is 9.59 Å². The minimum atomic E-state index is -0.305. The molecule has 1 unspecified atom stereocenters. The van der Waals surface area contributed by atoms with Crippen LogP contribution in [0, 0.1) is 0 Å². The van der Waals surface area contributed by atoms with Crippen molar-refractivity contribution in [2.75, 3.05) is 6.54 Å². The van der Waals surface area contributed by atoms with Crippen LogP contribution in [-0.4, -0.2) is 38.5 Å². The fourth-order valence-corrected chi connectivity index (χ4v) is 7.23. The molecule has 2 aromatic heterocycles. The molecule has 33 heavy (non-hydrogen) atoms. The molecule has 5 nitrogen and oxygen atoms in total. The number of thiophene rings is 1. The van der Waals surface area contributed by atoms with E-state index in [4.69, 9.17) is 0 Å². The zero-order chi connectivity index (χ0) is 23.2. The smallest absolute Gasteiger partial charge is 0.260 e. The van der Waals surface area contributed by atoms with Gasteiger partial charge in [0.1, 0.15) is 16.2 Å². The fraction of sp³-hybridized carbons (Fsp3) is 0.462. The van der Waals surface area contributed by atoms with Crippen LogP contribution < -0.4 is 0 Å². The van der Waals surface area contributed by atoms with E-state index in [1.165, 1.54) is 39.1 Å². The number of carbonyl (C=O) groups is 2. The first kappa shape index (κ1) is 22.5. The molecule has 1 atom stereocenters. The highest BCUT2D eigenvalue weighted by Gasteiger charge is 2.33. The number of imide groups is 1. The van der Waals surface area contributed by atoms with E-state index in [1.54, 1.807) is 17.7 Å². The van der Waals surface area contributed by atoms with Crippen LogP contribution in [0.15, 0.2) is 35.6 Å². The first-order valence-electron chi connectivity index (χ1n) is 11.7. The average molecular weight is 480 g/mol. The zero-order valence-electron chi connectivity index (χ0n) is 19.4. The third kappa shape index (κ3) is 4.33. The van der Waals surface area contributed by atoms with E-state index in [2.05, 4.69) is 30.7 Å². The van der Waals surface area contributed by atoms with Crippen LogP contribution in [0.1, 0.15) is 72.8 Å². The Balaban J connectivity index is 1.40. The Morgan fingerprint density at radius 2 is 1.88 bits per heavy atom. The molecule has 0 saturated carbocycles. The Kier molecular flexibility index (Phi) is 6.04. The lowest BCUT2D eigenvalue weighted by Crippen LogP contribution is -2.41. The summed E-state index contributed by atoms with van der Waals surface area (Å²) < 4.78 is 0. The molecule has 1 aliphatic carbocycles. The van der Waals surface area contributed by atoms with E-state index in [0.29, 0.717) is 12.1 Å². The van der Waals surface area contributed by atoms with E-state index in [1.807, 2.05) is 24.3 Å². The van der Waals surface area contributed by atoms with Gasteiger partial charge in [0.2, 0.25) is 5.91 Å². The molecular weight excluding hydrogens is 450 g/mol. The maximum absolute atomic E-state index is 13.5. The SMILES string of the molecule is CC(C)(C)c1ccc(C(=O)N2CCCCC(Sc3ncnc4sc5c(c34)CCC5)C2=O)cc1. The molecule has 5 rings (SSSR count). The number of hydrogen-bond acceptors (Lipinski definition) is 6. The van der Waals surface area contributed by atoms with Crippen LogP contribution in [-0.2, 0) is 23.1 Å². The van der Waals surface area contributed by atoms with Gasteiger partial charge in [0.15, 0.2) is 0 Å². The molecule has 2 amide bonds. The molecule has 1 aliphatic heterocycles. The quantitative estimate of drug-likeness (QED) is 0.351. The minimum Gasteiger partial charge on any atom is -0.278 e. The lowest BCUT2D eigenvalue weighted by molar-refractivity contribution is -0.127. The summed E-state index contributed by atoms with van der Waals surface area (Å²) in [6.07, 6.45) is 7.47. The normalized spacial score (nSPS) is 19.1. The highest BCUT2D eigenvalue weighted by Crippen LogP contribution is 2.42. The predicted molar refractivity (Wildman–Crippen MR) is 134 cm³/mol. The van der Waals surface area contributed by atoms with Gasteiger partial charge in [-0.15, -0.1) is 11.3 Å². The zero-order valence-corrected chi connectivity index (χ0v) is 21.0. The van der Waals surface area contributed by atoms with Gasteiger partial charge in [0.25, 0.3) is 5.91 Å². The van der Waals surface area contributed by atoms with Crippen molar-refractivity contribution in [2.45, 2.75) is 75.0 Å². The summed E-state index contributed by atoms with van der Waals surface area (Å²) in [4.78, 5) is 39.8. The third-order valence-electron chi connectivity index (χ3n) is 6.60. The topological polar surface area (TPSA) is 63.2 Å². The van der Waals surface area contributed by atoms with Crippen LogP contribution in [0.2, 0.25) is 0 Å². The van der Waals surface area contributed by atoms with Crippen LogP contribution in [0.25, 0.3) is 10.2 Å². The number of nitrogens with zero attached hydrogens (tertiary/aromatic N) is 3. The molecule has 0 spiro atoms. The summed E-state index contributed by atoms with van der Waals surface area (Å²) in [6.45, 7) is 6.92. The van der Waals surface area contributed by atoms with Crippen LogP contribution in [0.3, 0.4) is 0 Å². The second kappa shape index (κ2) is 8.84. The Bertz CT molecular complexity index is 1210. The summed E-state index contributed by atoms with van der Waals surface area (Å²) in [7, 11) is 0. The molecule has 0 N–H and O–H groups in total. The number of carbonyl (C=O) groups excluding carboxylic acids is 2. The number of fused-ring (bicyclic) bond motifs is 3. The van der Waals surface area contributed by atoms with Gasteiger partial charge in [-0.3, -0.25) is 14.5 Å². The number of hydrogen-bond donors (Lipinski definition) is 0. The molecule has 172 valence electrons. The molecule has 3 aromatic rings. The largest absolute Gasteiger partial charge is 0.278 e.